The van der Waals surface area contributed by atoms with Gasteiger partial charge < -0.3 is 9.84 Å². The first kappa shape index (κ1) is 18.0. The van der Waals surface area contributed by atoms with Crippen LogP contribution in [-0.2, 0) is 14.3 Å². The Morgan fingerprint density at radius 2 is 1.83 bits per heavy atom. The van der Waals surface area contributed by atoms with Gasteiger partial charge in [-0.2, -0.15) is 4.99 Å². The van der Waals surface area contributed by atoms with Crippen molar-refractivity contribution in [3.63, 3.8) is 0 Å². The number of imide groups is 1. The number of aliphatic hydroxyl groups is 1. The Hall–Kier alpha value is -2.38. The molecule has 7 nitrogen and oxygen atoms in total. The van der Waals surface area contributed by atoms with E-state index in [4.69, 9.17) is 27.9 Å². The summed E-state index contributed by atoms with van der Waals surface area (Å²) in [5.41, 5.74) is -0.875. The number of hydrogen-bond donors (Lipinski definition) is 1. The number of aliphatic hydroxyl groups excluding tert-OH is 1. The van der Waals surface area contributed by atoms with Gasteiger partial charge in [0.2, 0.25) is 0 Å². The predicted octanol–water partition coefficient (Wildman–Crippen LogP) is 3.30. The molecule has 0 aromatic heterocycles. The standard InChI is InChI=1S/C15H12Cl2N2O5/c1-3-24-14(22)11(7(2)20)12-13(21)19(15(23)18-12)10-5-8(16)4-9(17)6-10/h4-6,20H,3H2,1-2H3. The lowest BCUT2D eigenvalue weighted by atomic mass is 10.1. The second kappa shape index (κ2) is 7.02. The molecule has 9 heteroatoms. The van der Waals surface area contributed by atoms with Crippen molar-refractivity contribution in [2.45, 2.75) is 13.8 Å². The van der Waals surface area contributed by atoms with Crippen LogP contribution >= 0.6 is 23.2 Å². The Kier molecular flexibility index (Phi) is 5.26. The smallest absolute Gasteiger partial charge is 0.355 e. The lowest BCUT2D eigenvalue weighted by Gasteiger charge is -2.14. The van der Waals surface area contributed by atoms with Crippen molar-refractivity contribution in [2.24, 2.45) is 4.99 Å². The number of esters is 1. The molecule has 2 rings (SSSR count). The average Bonchev–Trinajstić information content (AvgIpc) is 2.73. The topological polar surface area (TPSA) is 96.3 Å². The summed E-state index contributed by atoms with van der Waals surface area (Å²) in [6.07, 6.45) is 0. The summed E-state index contributed by atoms with van der Waals surface area (Å²) < 4.78 is 4.78. The number of amides is 3. The molecule has 24 heavy (non-hydrogen) atoms. The van der Waals surface area contributed by atoms with Crippen LogP contribution in [0, 0.1) is 0 Å². The van der Waals surface area contributed by atoms with Crippen molar-refractivity contribution >= 4 is 52.5 Å². The van der Waals surface area contributed by atoms with Gasteiger partial charge in [0.15, 0.2) is 5.71 Å². The summed E-state index contributed by atoms with van der Waals surface area (Å²) in [4.78, 5) is 40.8. The molecule has 0 saturated carbocycles. The van der Waals surface area contributed by atoms with Crippen molar-refractivity contribution in [1.82, 2.24) is 0 Å². The van der Waals surface area contributed by atoms with Crippen LogP contribution in [0.3, 0.4) is 0 Å². The zero-order valence-electron chi connectivity index (χ0n) is 12.7. The fraction of sp³-hybridized carbons (Fsp3) is 0.200. The number of carbonyl (C=O) groups excluding carboxylic acids is 3. The molecule has 0 saturated heterocycles. The van der Waals surface area contributed by atoms with Crippen molar-refractivity contribution in [3.05, 3.63) is 39.6 Å². The third-order valence-electron chi connectivity index (χ3n) is 2.99. The molecule has 1 aromatic rings. The quantitative estimate of drug-likeness (QED) is 0.498. The third-order valence-corrected chi connectivity index (χ3v) is 3.42. The highest BCUT2D eigenvalue weighted by atomic mass is 35.5. The number of allylic oxidation sites excluding steroid dienone is 1. The summed E-state index contributed by atoms with van der Waals surface area (Å²) >= 11 is 11.7. The maximum Gasteiger partial charge on any atom is 0.355 e. The Bertz CT molecular complexity index is 777. The molecule has 0 aliphatic carbocycles. The number of hydrogen-bond acceptors (Lipinski definition) is 5. The van der Waals surface area contributed by atoms with Gasteiger partial charge in [0.25, 0.3) is 5.91 Å². The van der Waals surface area contributed by atoms with Crippen molar-refractivity contribution in [1.29, 1.82) is 0 Å². The van der Waals surface area contributed by atoms with E-state index in [1.165, 1.54) is 25.1 Å². The van der Waals surface area contributed by atoms with Crippen LogP contribution in [-0.4, -0.2) is 35.3 Å². The van der Waals surface area contributed by atoms with Gasteiger partial charge in [0.05, 0.1) is 12.3 Å². The minimum atomic E-state index is -0.955. The molecular weight excluding hydrogens is 359 g/mol. The number of anilines is 1. The lowest BCUT2D eigenvalue weighted by Crippen LogP contribution is -2.34. The largest absolute Gasteiger partial charge is 0.512 e. The molecule has 0 bridgehead atoms. The Morgan fingerprint density at radius 3 is 2.33 bits per heavy atom. The summed E-state index contributed by atoms with van der Waals surface area (Å²) in [5.74, 6) is -2.34. The molecule has 1 aliphatic rings. The number of aliphatic imine (C=N–C) groups is 1. The first-order chi connectivity index (χ1) is 11.3. The van der Waals surface area contributed by atoms with Gasteiger partial charge in [-0.25, -0.2) is 14.5 Å². The number of halogens is 2. The van der Waals surface area contributed by atoms with E-state index in [9.17, 15) is 19.5 Å². The summed E-state index contributed by atoms with van der Waals surface area (Å²) in [6, 6.07) is 3.19. The first-order valence-corrected chi connectivity index (χ1v) is 7.52. The minimum absolute atomic E-state index is 0.0264. The van der Waals surface area contributed by atoms with Crippen molar-refractivity contribution in [3.8, 4) is 0 Å². The number of urea groups is 1. The van der Waals surface area contributed by atoms with Gasteiger partial charge in [0, 0.05) is 10.0 Å². The van der Waals surface area contributed by atoms with E-state index < -0.39 is 35.0 Å². The Morgan fingerprint density at radius 1 is 1.25 bits per heavy atom. The number of benzene rings is 1. The molecule has 1 aromatic carbocycles. The molecule has 0 radical (unpaired) electrons. The van der Waals surface area contributed by atoms with Gasteiger partial charge in [0.1, 0.15) is 11.3 Å². The lowest BCUT2D eigenvalue weighted by molar-refractivity contribution is -0.138. The van der Waals surface area contributed by atoms with Crippen molar-refractivity contribution < 1.29 is 24.2 Å². The zero-order valence-corrected chi connectivity index (χ0v) is 14.2. The maximum atomic E-state index is 12.5. The highest BCUT2D eigenvalue weighted by Gasteiger charge is 2.40. The van der Waals surface area contributed by atoms with Crippen LogP contribution in [0.4, 0.5) is 10.5 Å². The second-order valence-corrected chi connectivity index (χ2v) is 5.56. The van der Waals surface area contributed by atoms with Crippen LogP contribution in [0.5, 0.6) is 0 Å². The SMILES string of the molecule is CCOC(=O)C(C1=NC(=O)N(c2cc(Cl)cc(Cl)c2)C1=O)=C(C)O. The molecule has 1 aliphatic heterocycles. The Balaban J connectivity index is 2.45. The van der Waals surface area contributed by atoms with Crippen LogP contribution in [0.25, 0.3) is 0 Å². The van der Waals surface area contributed by atoms with Gasteiger partial charge in [-0.1, -0.05) is 23.2 Å². The summed E-state index contributed by atoms with van der Waals surface area (Å²) in [7, 11) is 0. The molecule has 0 fully saturated rings. The maximum absolute atomic E-state index is 12.5. The van der Waals surface area contributed by atoms with Gasteiger partial charge in [-0.3, -0.25) is 4.79 Å². The predicted molar refractivity (Wildman–Crippen MR) is 88.7 cm³/mol. The zero-order chi connectivity index (χ0) is 18.0. The molecular formula is C15H12Cl2N2O5. The number of ether oxygens (including phenoxy) is 1. The number of rotatable bonds is 4. The van der Waals surface area contributed by atoms with E-state index in [-0.39, 0.29) is 22.3 Å². The number of nitrogens with zero attached hydrogens (tertiary/aromatic N) is 2. The van der Waals surface area contributed by atoms with E-state index in [1.807, 2.05) is 0 Å². The molecule has 126 valence electrons. The van der Waals surface area contributed by atoms with E-state index in [0.717, 1.165) is 0 Å². The highest BCUT2D eigenvalue weighted by molar-refractivity contribution is 6.61. The second-order valence-electron chi connectivity index (χ2n) is 4.69. The van der Waals surface area contributed by atoms with Crippen molar-refractivity contribution in [2.75, 3.05) is 11.5 Å². The first-order valence-electron chi connectivity index (χ1n) is 6.76. The monoisotopic (exact) mass is 370 g/mol. The van der Waals surface area contributed by atoms with E-state index in [2.05, 4.69) is 4.99 Å². The van der Waals surface area contributed by atoms with Crippen LogP contribution < -0.4 is 4.90 Å². The molecule has 0 unspecified atom stereocenters. The normalized spacial score (nSPS) is 15.3. The molecule has 0 atom stereocenters. The fourth-order valence-electron chi connectivity index (χ4n) is 2.06. The van der Waals surface area contributed by atoms with Gasteiger partial charge in [-0.15, -0.1) is 0 Å². The summed E-state index contributed by atoms with van der Waals surface area (Å²) in [6.45, 7) is 2.77. The van der Waals surface area contributed by atoms with E-state index in [1.54, 1.807) is 6.92 Å². The van der Waals surface area contributed by atoms with Gasteiger partial charge in [-0.05, 0) is 32.0 Å². The molecule has 1 N–H and O–H groups in total. The Labute approximate surface area is 147 Å². The van der Waals surface area contributed by atoms with Crippen LogP contribution in [0.15, 0.2) is 34.5 Å². The average molecular weight is 371 g/mol. The number of carbonyl (C=O) groups is 3. The van der Waals surface area contributed by atoms with Crippen LogP contribution in [0.2, 0.25) is 10.0 Å². The highest BCUT2D eigenvalue weighted by Crippen LogP contribution is 2.29. The van der Waals surface area contributed by atoms with Gasteiger partial charge >= 0.3 is 12.0 Å². The molecule has 3 amide bonds. The van der Waals surface area contributed by atoms with E-state index in [0.29, 0.717) is 4.90 Å². The molecule has 0 spiro atoms. The van der Waals surface area contributed by atoms with Crippen LogP contribution in [0.1, 0.15) is 13.8 Å². The van der Waals surface area contributed by atoms with E-state index >= 15 is 0 Å². The minimum Gasteiger partial charge on any atom is -0.512 e. The fourth-order valence-corrected chi connectivity index (χ4v) is 2.58. The third kappa shape index (κ3) is 3.42. The molecule has 1 heterocycles. The summed E-state index contributed by atoms with van der Waals surface area (Å²) in [5, 5.41) is 10.1.